The average molecular weight is 388 g/mol. The van der Waals surface area contributed by atoms with Gasteiger partial charge >= 0.3 is 0 Å². The van der Waals surface area contributed by atoms with Crippen molar-refractivity contribution in [3.8, 4) is 11.5 Å². The van der Waals surface area contributed by atoms with E-state index in [0.717, 1.165) is 30.6 Å². The molecule has 0 saturated heterocycles. The van der Waals surface area contributed by atoms with Crippen LogP contribution in [0.4, 0.5) is 4.39 Å². The number of hydrogen-bond donors (Lipinski definition) is 1. The van der Waals surface area contributed by atoms with Gasteiger partial charge in [0.2, 0.25) is 0 Å². The van der Waals surface area contributed by atoms with Crippen molar-refractivity contribution < 1.29 is 4.39 Å². The second-order valence-corrected chi connectivity index (χ2v) is 7.22. The van der Waals surface area contributed by atoms with Crippen molar-refractivity contribution in [2.24, 2.45) is 0 Å². The summed E-state index contributed by atoms with van der Waals surface area (Å²) in [5.74, 6) is 0.564. The number of halogens is 1. The lowest BCUT2D eigenvalue weighted by atomic mass is 9.93. The maximum atomic E-state index is 14.0. The fourth-order valence-electron chi connectivity index (χ4n) is 3.91. The highest BCUT2D eigenvalue weighted by Gasteiger charge is 2.24. The summed E-state index contributed by atoms with van der Waals surface area (Å²) in [7, 11) is 0. The zero-order chi connectivity index (χ0) is 19.6. The summed E-state index contributed by atoms with van der Waals surface area (Å²) in [5.41, 5.74) is 3.91. The first-order valence-electron chi connectivity index (χ1n) is 9.79. The van der Waals surface area contributed by atoms with Crippen molar-refractivity contribution in [1.82, 2.24) is 29.9 Å². The predicted molar refractivity (Wildman–Crippen MR) is 107 cm³/mol. The normalized spacial score (nSPS) is 16.0. The van der Waals surface area contributed by atoms with Crippen molar-refractivity contribution in [2.75, 3.05) is 0 Å². The predicted octanol–water partition coefficient (Wildman–Crippen LogP) is 3.76. The lowest BCUT2D eigenvalue weighted by Gasteiger charge is -2.24. The number of hydrogen-bond acceptors (Lipinski definition) is 4. The summed E-state index contributed by atoms with van der Waals surface area (Å²) < 4.78 is 17.5. The third-order valence-corrected chi connectivity index (χ3v) is 5.34. The molecule has 1 aliphatic carbocycles. The Morgan fingerprint density at radius 1 is 1.07 bits per heavy atom. The van der Waals surface area contributed by atoms with Crippen molar-refractivity contribution in [3.05, 3.63) is 89.9 Å². The molecule has 0 radical (unpaired) electrons. The molecule has 0 unspecified atom stereocenters. The van der Waals surface area contributed by atoms with Crippen LogP contribution in [0, 0.1) is 5.82 Å². The zero-order valence-electron chi connectivity index (χ0n) is 15.9. The molecule has 0 fully saturated rings. The Bertz CT molecular complexity index is 1120. The SMILES string of the molecule is Fc1ccccc1-n1cc(CN[C@@H]2CCCc3c2cnn3-c2ccccn2)cn1. The Balaban J connectivity index is 1.32. The lowest BCUT2D eigenvalue weighted by Crippen LogP contribution is -2.25. The first-order valence-corrected chi connectivity index (χ1v) is 9.79. The van der Waals surface area contributed by atoms with E-state index in [4.69, 9.17) is 0 Å². The number of pyridine rings is 1. The van der Waals surface area contributed by atoms with E-state index in [0.29, 0.717) is 12.2 Å². The molecule has 0 saturated carbocycles. The van der Waals surface area contributed by atoms with Crippen LogP contribution >= 0.6 is 0 Å². The third-order valence-electron chi connectivity index (χ3n) is 5.34. The van der Waals surface area contributed by atoms with Gasteiger partial charge in [-0.1, -0.05) is 18.2 Å². The Morgan fingerprint density at radius 3 is 2.83 bits per heavy atom. The molecule has 7 heteroatoms. The minimum Gasteiger partial charge on any atom is -0.306 e. The minimum absolute atomic E-state index is 0.230. The Kier molecular flexibility index (Phi) is 4.65. The maximum absolute atomic E-state index is 14.0. The van der Waals surface area contributed by atoms with Crippen LogP contribution in [-0.4, -0.2) is 24.5 Å². The molecule has 0 aliphatic heterocycles. The zero-order valence-corrected chi connectivity index (χ0v) is 15.9. The van der Waals surface area contributed by atoms with Crippen LogP contribution in [0.25, 0.3) is 11.5 Å². The van der Waals surface area contributed by atoms with E-state index in [-0.39, 0.29) is 11.9 Å². The molecule has 0 bridgehead atoms. The fraction of sp³-hybridized carbons (Fsp3) is 0.227. The molecule has 1 atom stereocenters. The number of aromatic nitrogens is 5. The fourth-order valence-corrected chi connectivity index (χ4v) is 3.91. The van der Waals surface area contributed by atoms with E-state index in [9.17, 15) is 4.39 Å². The average Bonchev–Trinajstić information content (AvgIpc) is 3.41. The number of rotatable bonds is 5. The van der Waals surface area contributed by atoms with Gasteiger partial charge in [-0.05, 0) is 43.5 Å². The third kappa shape index (κ3) is 3.45. The molecule has 1 aromatic carbocycles. The van der Waals surface area contributed by atoms with Crippen LogP contribution in [0.3, 0.4) is 0 Å². The quantitative estimate of drug-likeness (QED) is 0.566. The van der Waals surface area contributed by atoms with E-state index >= 15 is 0 Å². The van der Waals surface area contributed by atoms with E-state index in [1.54, 1.807) is 35.3 Å². The maximum Gasteiger partial charge on any atom is 0.153 e. The van der Waals surface area contributed by atoms with Crippen molar-refractivity contribution in [3.63, 3.8) is 0 Å². The van der Waals surface area contributed by atoms with E-state index in [1.807, 2.05) is 35.3 Å². The summed E-state index contributed by atoms with van der Waals surface area (Å²) in [6.07, 6.45) is 10.5. The highest BCUT2D eigenvalue weighted by molar-refractivity contribution is 5.34. The molecule has 29 heavy (non-hydrogen) atoms. The molecule has 5 rings (SSSR count). The molecule has 146 valence electrons. The highest BCUT2D eigenvalue weighted by atomic mass is 19.1. The van der Waals surface area contributed by atoms with Gasteiger partial charge < -0.3 is 5.32 Å². The topological polar surface area (TPSA) is 60.6 Å². The number of benzene rings is 1. The molecular weight excluding hydrogens is 367 g/mol. The Hall–Kier alpha value is -3.32. The van der Waals surface area contributed by atoms with Gasteiger partial charge in [0.1, 0.15) is 11.5 Å². The second kappa shape index (κ2) is 7.60. The first kappa shape index (κ1) is 17.8. The largest absolute Gasteiger partial charge is 0.306 e. The first-order chi connectivity index (χ1) is 14.3. The van der Waals surface area contributed by atoms with E-state index < -0.39 is 0 Å². The van der Waals surface area contributed by atoms with Crippen LogP contribution in [-0.2, 0) is 13.0 Å². The molecular formula is C22H21FN6. The van der Waals surface area contributed by atoms with Gasteiger partial charge in [-0.15, -0.1) is 0 Å². The highest BCUT2D eigenvalue weighted by Crippen LogP contribution is 2.31. The van der Waals surface area contributed by atoms with E-state index in [2.05, 4.69) is 20.5 Å². The van der Waals surface area contributed by atoms with Crippen molar-refractivity contribution in [1.29, 1.82) is 0 Å². The standard InChI is InChI=1S/C22H21FN6/c23-18-6-1-2-8-21(18)28-15-16(13-26-28)12-25-19-7-5-9-20-17(19)14-27-29(20)22-10-3-4-11-24-22/h1-4,6,8,10-11,13-15,19,25H,5,7,9,12H2/t19-/m1/s1. The van der Waals surface area contributed by atoms with Crippen molar-refractivity contribution >= 4 is 0 Å². The number of nitrogens with one attached hydrogen (secondary N) is 1. The molecule has 0 spiro atoms. The van der Waals surface area contributed by atoms with Gasteiger partial charge in [-0.25, -0.2) is 18.7 Å². The lowest BCUT2D eigenvalue weighted by molar-refractivity contribution is 0.454. The van der Waals surface area contributed by atoms with Gasteiger partial charge in [0, 0.05) is 36.1 Å². The molecule has 1 aliphatic rings. The van der Waals surface area contributed by atoms with Crippen LogP contribution in [0.5, 0.6) is 0 Å². The van der Waals surface area contributed by atoms with Gasteiger partial charge in [0.25, 0.3) is 0 Å². The van der Waals surface area contributed by atoms with Gasteiger partial charge in [-0.3, -0.25) is 0 Å². The molecule has 4 aromatic rings. The molecule has 3 aromatic heterocycles. The second-order valence-electron chi connectivity index (χ2n) is 7.22. The summed E-state index contributed by atoms with van der Waals surface area (Å²) in [6.45, 7) is 0.660. The Morgan fingerprint density at radius 2 is 1.97 bits per heavy atom. The molecule has 6 nitrogen and oxygen atoms in total. The van der Waals surface area contributed by atoms with Crippen LogP contribution in [0.1, 0.15) is 35.7 Å². The van der Waals surface area contributed by atoms with Crippen LogP contribution in [0.15, 0.2) is 67.3 Å². The Labute approximate surface area is 168 Å². The van der Waals surface area contributed by atoms with Gasteiger partial charge in [0.15, 0.2) is 5.82 Å². The molecule has 0 amide bonds. The smallest absolute Gasteiger partial charge is 0.153 e. The number of nitrogens with zero attached hydrogens (tertiary/aromatic N) is 5. The summed E-state index contributed by atoms with van der Waals surface area (Å²) in [5, 5.41) is 12.5. The molecule has 3 heterocycles. The number of fused-ring (bicyclic) bond motifs is 1. The van der Waals surface area contributed by atoms with Crippen molar-refractivity contribution in [2.45, 2.75) is 31.8 Å². The van der Waals surface area contributed by atoms with Gasteiger partial charge in [-0.2, -0.15) is 10.2 Å². The monoisotopic (exact) mass is 388 g/mol. The minimum atomic E-state index is -0.283. The van der Waals surface area contributed by atoms with Crippen LogP contribution < -0.4 is 5.32 Å². The number of para-hydroxylation sites is 1. The molecule has 1 N–H and O–H groups in total. The van der Waals surface area contributed by atoms with Gasteiger partial charge in [0.05, 0.1) is 18.1 Å². The summed E-state index contributed by atoms with van der Waals surface area (Å²) in [4.78, 5) is 4.42. The van der Waals surface area contributed by atoms with Crippen LogP contribution in [0.2, 0.25) is 0 Å². The summed E-state index contributed by atoms with van der Waals surface area (Å²) >= 11 is 0. The van der Waals surface area contributed by atoms with E-state index in [1.165, 1.54) is 17.3 Å². The summed E-state index contributed by atoms with van der Waals surface area (Å²) in [6, 6.07) is 12.7.